The lowest BCUT2D eigenvalue weighted by atomic mass is 9.59. The Bertz CT molecular complexity index is 379. The Hall–Kier alpha value is -0.760. The van der Waals surface area contributed by atoms with Crippen LogP contribution in [-0.2, 0) is 9.47 Å². The van der Waals surface area contributed by atoms with Gasteiger partial charge < -0.3 is 9.47 Å². The van der Waals surface area contributed by atoms with E-state index < -0.39 is 0 Å². The summed E-state index contributed by atoms with van der Waals surface area (Å²) in [5.74, 6) is 0.897. The van der Waals surface area contributed by atoms with Gasteiger partial charge in [0.15, 0.2) is 0 Å². The lowest BCUT2D eigenvalue weighted by molar-refractivity contribution is -0.215. The van der Waals surface area contributed by atoms with Crippen molar-refractivity contribution < 1.29 is 9.47 Å². The maximum absolute atomic E-state index is 6.36. The fourth-order valence-corrected chi connectivity index (χ4v) is 3.67. The van der Waals surface area contributed by atoms with Crippen LogP contribution >= 0.6 is 0 Å². The topological polar surface area (TPSA) is 18.5 Å². The zero-order chi connectivity index (χ0) is 14.3. The first kappa shape index (κ1) is 14.6. The van der Waals surface area contributed by atoms with E-state index in [0.29, 0.717) is 0 Å². The number of rotatable bonds is 2. The number of ether oxygens (including phenoxy) is 2. The highest BCUT2D eigenvalue weighted by Crippen LogP contribution is 2.56. The van der Waals surface area contributed by atoms with E-state index >= 15 is 0 Å². The van der Waals surface area contributed by atoms with Crippen molar-refractivity contribution in [2.24, 2.45) is 5.41 Å². The average molecular weight is 264 g/mol. The first-order valence-corrected chi connectivity index (χ1v) is 7.41. The van der Waals surface area contributed by atoms with E-state index in [0.717, 1.165) is 37.9 Å². The van der Waals surface area contributed by atoms with Gasteiger partial charge in [0.2, 0.25) is 0 Å². The molecule has 2 fully saturated rings. The molecule has 19 heavy (non-hydrogen) atoms. The SMILES string of the molecule is C=CC12CCC[C@H](OC(C)(C)C)[C@@]1(C)CCC(=C)O2. The lowest BCUT2D eigenvalue weighted by Gasteiger charge is -2.57. The molecular formula is C17H28O2. The Morgan fingerprint density at radius 1 is 1.37 bits per heavy atom. The van der Waals surface area contributed by atoms with Gasteiger partial charge in [-0.3, -0.25) is 0 Å². The molecule has 0 aromatic heterocycles. The van der Waals surface area contributed by atoms with Crippen molar-refractivity contribution in [3.63, 3.8) is 0 Å². The van der Waals surface area contributed by atoms with Gasteiger partial charge >= 0.3 is 0 Å². The van der Waals surface area contributed by atoms with Crippen LogP contribution in [0.1, 0.15) is 59.8 Å². The Balaban J connectivity index is 2.33. The second kappa shape index (κ2) is 4.66. The second-order valence-electron chi connectivity index (χ2n) is 7.26. The molecule has 0 aromatic carbocycles. The molecule has 2 nitrogen and oxygen atoms in total. The Morgan fingerprint density at radius 2 is 2.05 bits per heavy atom. The number of hydrogen-bond donors (Lipinski definition) is 0. The van der Waals surface area contributed by atoms with Crippen molar-refractivity contribution in [1.29, 1.82) is 0 Å². The van der Waals surface area contributed by atoms with Crippen LogP contribution < -0.4 is 0 Å². The van der Waals surface area contributed by atoms with Crippen molar-refractivity contribution in [3.8, 4) is 0 Å². The summed E-state index contributed by atoms with van der Waals surface area (Å²) in [5.41, 5.74) is -0.412. The van der Waals surface area contributed by atoms with Crippen LogP contribution in [0.5, 0.6) is 0 Å². The molecule has 0 radical (unpaired) electrons. The van der Waals surface area contributed by atoms with E-state index in [9.17, 15) is 0 Å². The van der Waals surface area contributed by atoms with E-state index in [1.165, 1.54) is 0 Å². The highest BCUT2D eigenvalue weighted by atomic mass is 16.5. The molecule has 2 heteroatoms. The van der Waals surface area contributed by atoms with Crippen molar-refractivity contribution in [2.75, 3.05) is 0 Å². The van der Waals surface area contributed by atoms with Crippen LogP contribution in [0.2, 0.25) is 0 Å². The summed E-state index contributed by atoms with van der Waals surface area (Å²) in [6, 6.07) is 0. The molecule has 1 saturated heterocycles. The Labute approximate surface area is 117 Å². The van der Waals surface area contributed by atoms with Crippen LogP contribution in [0.25, 0.3) is 0 Å². The van der Waals surface area contributed by atoms with Crippen molar-refractivity contribution in [2.45, 2.75) is 77.1 Å². The standard InChI is InChI=1S/C17H28O2/c1-7-17-11-8-9-14(19-15(3,4)5)16(17,6)12-10-13(2)18-17/h7,14H,1-2,8-12H2,3-6H3/t14-,16+,17?/m0/s1. The Kier molecular flexibility index (Phi) is 3.59. The summed E-state index contributed by atoms with van der Waals surface area (Å²) in [4.78, 5) is 0. The molecule has 2 rings (SSSR count). The highest BCUT2D eigenvalue weighted by molar-refractivity contribution is 5.19. The molecule has 3 atom stereocenters. The quantitative estimate of drug-likeness (QED) is 0.678. The third-order valence-corrected chi connectivity index (χ3v) is 4.77. The molecule has 2 aliphatic rings. The molecule has 1 aliphatic carbocycles. The largest absolute Gasteiger partial charge is 0.488 e. The smallest absolute Gasteiger partial charge is 0.134 e. The van der Waals surface area contributed by atoms with E-state index in [4.69, 9.17) is 9.47 Å². The van der Waals surface area contributed by atoms with Gasteiger partial charge in [0, 0.05) is 11.8 Å². The molecule has 0 N–H and O–H groups in total. The molecule has 1 heterocycles. The van der Waals surface area contributed by atoms with Gasteiger partial charge in [0.05, 0.1) is 17.5 Å². The molecular weight excluding hydrogens is 236 g/mol. The van der Waals surface area contributed by atoms with Crippen molar-refractivity contribution >= 4 is 0 Å². The fourth-order valence-electron chi connectivity index (χ4n) is 3.67. The van der Waals surface area contributed by atoms with E-state index in [2.05, 4.69) is 40.9 Å². The first-order chi connectivity index (χ1) is 8.72. The molecule has 1 unspecified atom stereocenters. The first-order valence-electron chi connectivity index (χ1n) is 7.41. The minimum Gasteiger partial charge on any atom is -0.488 e. The van der Waals surface area contributed by atoms with Gasteiger partial charge in [-0.2, -0.15) is 0 Å². The second-order valence-corrected chi connectivity index (χ2v) is 7.26. The summed E-state index contributed by atoms with van der Waals surface area (Å²) in [6.07, 6.45) is 7.47. The minimum absolute atomic E-state index is 0.00146. The molecule has 1 saturated carbocycles. The van der Waals surface area contributed by atoms with Crippen LogP contribution in [0.3, 0.4) is 0 Å². The van der Waals surface area contributed by atoms with Gasteiger partial charge in [-0.05, 0) is 52.5 Å². The van der Waals surface area contributed by atoms with Gasteiger partial charge in [-0.1, -0.05) is 20.1 Å². The molecule has 0 bridgehead atoms. The lowest BCUT2D eigenvalue weighted by Crippen LogP contribution is -2.60. The molecule has 1 aliphatic heterocycles. The van der Waals surface area contributed by atoms with E-state index in [1.807, 2.05) is 6.08 Å². The highest BCUT2D eigenvalue weighted by Gasteiger charge is 2.58. The summed E-state index contributed by atoms with van der Waals surface area (Å²) < 4.78 is 12.5. The van der Waals surface area contributed by atoms with Crippen molar-refractivity contribution in [1.82, 2.24) is 0 Å². The van der Waals surface area contributed by atoms with Gasteiger partial charge in [-0.25, -0.2) is 0 Å². The predicted molar refractivity (Wildman–Crippen MR) is 79.0 cm³/mol. The van der Waals surface area contributed by atoms with E-state index in [-0.39, 0.29) is 22.7 Å². The monoisotopic (exact) mass is 264 g/mol. The maximum Gasteiger partial charge on any atom is 0.134 e. The summed E-state index contributed by atoms with van der Waals surface area (Å²) in [5, 5.41) is 0. The zero-order valence-electron chi connectivity index (χ0n) is 12.9. The van der Waals surface area contributed by atoms with Gasteiger partial charge in [0.1, 0.15) is 5.60 Å². The van der Waals surface area contributed by atoms with Crippen LogP contribution in [0, 0.1) is 5.41 Å². The van der Waals surface area contributed by atoms with Gasteiger partial charge in [-0.15, -0.1) is 0 Å². The molecule has 0 spiro atoms. The molecule has 0 amide bonds. The van der Waals surface area contributed by atoms with Crippen LogP contribution in [0.15, 0.2) is 25.0 Å². The van der Waals surface area contributed by atoms with E-state index in [1.54, 1.807) is 0 Å². The molecule has 0 aromatic rings. The average Bonchev–Trinajstić information content (AvgIpc) is 2.30. The maximum atomic E-state index is 6.36. The third kappa shape index (κ3) is 2.47. The Morgan fingerprint density at radius 3 is 2.63 bits per heavy atom. The third-order valence-electron chi connectivity index (χ3n) is 4.77. The number of allylic oxidation sites excluding steroid dienone is 1. The summed E-state index contributed by atoms with van der Waals surface area (Å²) in [6.45, 7) is 16.8. The zero-order valence-corrected chi connectivity index (χ0v) is 12.9. The van der Waals surface area contributed by atoms with Crippen LogP contribution in [-0.4, -0.2) is 17.3 Å². The normalized spacial score (nSPS) is 39.4. The molecule has 108 valence electrons. The fraction of sp³-hybridized carbons (Fsp3) is 0.765. The summed E-state index contributed by atoms with van der Waals surface area (Å²) >= 11 is 0. The summed E-state index contributed by atoms with van der Waals surface area (Å²) in [7, 11) is 0. The van der Waals surface area contributed by atoms with Gasteiger partial charge in [0.25, 0.3) is 0 Å². The number of hydrogen-bond acceptors (Lipinski definition) is 2. The predicted octanol–water partition coefficient (Wildman–Crippen LogP) is 4.61. The number of fused-ring (bicyclic) bond motifs is 1. The minimum atomic E-state index is -0.295. The van der Waals surface area contributed by atoms with Crippen LogP contribution in [0.4, 0.5) is 0 Å². The van der Waals surface area contributed by atoms with Crippen molar-refractivity contribution in [3.05, 3.63) is 25.0 Å².